The summed E-state index contributed by atoms with van der Waals surface area (Å²) in [4.78, 5) is 0. The van der Waals surface area contributed by atoms with E-state index < -0.39 is 11.6 Å². The Morgan fingerprint density at radius 1 is 0.906 bits per heavy atom. The van der Waals surface area contributed by atoms with Crippen molar-refractivity contribution in [3.8, 4) is 11.4 Å². The molecular weight excluding hydrogens is 430 g/mol. The molecule has 4 aromatic rings. The largest absolute Gasteiger partial charge is 0.484 e. The molecule has 0 saturated heterocycles. The molecule has 1 heterocycles. The van der Waals surface area contributed by atoms with E-state index in [1.807, 2.05) is 42.5 Å². The van der Waals surface area contributed by atoms with Gasteiger partial charge in [0, 0.05) is 22.4 Å². The van der Waals surface area contributed by atoms with Gasteiger partial charge in [0.05, 0.1) is 16.9 Å². The Balaban J connectivity index is 1.72. The fourth-order valence-electron chi connectivity index (χ4n) is 4.61. The Morgan fingerprint density at radius 2 is 1.59 bits per heavy atom. The number of halogens is 3. The van der Waals surface area contributed by atoms with Crippen LogP contribution < -0.4 is 4.74 Å². The predicted octanol–water partition coefficient (Wildman–Crippen LogP) is 7.66. The second-order valence-corrected chi connectivity index (χ2v) is 8.74. The SMILES string of the molecule is Fc1cc2nn(-c3ccc(Cl)cc3)c(C(Oc3ccccc3)C3CCCCC3)c2cc1F. The fourth-order valence-corrected chi connectivity index (χ4v) is 4.74. The van der Waals surface area contributed by atoms with Gasteiger partial charge in [-0.2, -0.15) is 5.10 Å². The number of rotatable bonds is 5. The maximum atomic E-state index is 14.4. The number of hydrogen-bond acceptors (Lipinski definition) is 2. The Labute approximate surface area is 190 Å². The van der Waals surface area contributed by atoms with Crippen molar-refractivity contribution in [3.05, 3.63) is 89.1 Å². The molecule has 0 bridgehead atoms. The van der Waals surface area contributed by atoms with Crippen molar-refractivity contribution in [1.29, 1.82) is 0 Å². The van der Waals surface area contributed by atoms with Crippen molar-refractivity contribution in [3.63, 3.8) is 0 Å². The number of nitrogens with zero attached hydrogens (tertiary/aromatic N) is 2. The minimum absolute atomic E-state index is 0.239. The molecule has 0 radical (unpaired) electrons. The molecule has 1 aliphatic carbocycles. The van der Waals surface area contributed by atoms with Crippen molar-refractivity contribution >= 4 is 22.5 Å². The molecule has 1 unspecified atom stereocenters. The van der Waals surface area contributed by atoms with Crippen molar-refractivity contribution in [1.82, 2.24) is 9.78 Å². The minimum Gasteiger partial charge on any atom is -0.484 e. The van der Waals surface area contributed by atoms with Crippen LogP contribution >= 0.6 is 11.6 Å². The van der Waals surface area contributed by atoms with Crippen molar-refractivity contribution in [2.75, 3.05) is 0 Å². The van der Waals surface area contributed by atoms with Gasteiger partial charge >= 0.3 is 0 Å². The smallest absolute Gasteiger partial charge is 0.161 e. The van der Waals surface area contributed by atoms with Crippen LogP contribution in [-0.2, 0) is 0 Å². The maximum Gasteiger partial charge on any atom is 0.161 e. The first-order valence-corrected chi connectivity index (χ1v) is 11.3. The highest BCUT2D eigenvalue weighted by atomic mass is 35.5. The summed E-state index contributed by atoms with van der Waals surface area (Å²) >= 11 is 6.10. The molecule has 1 aliphatic rings. The summed E-state index contributed by atoms with van der Waals surface area (Å²) in [5.41, 5.74) is 1.89. The van der Waals surface area contributed by atoms with Gasteiger partial charge in [-0.25, -0.2) is 13.5 Å². The summed E-state index contributed by atoms with van der Waals surface area (Å²) in [7, 11) is 0. The van der Waals surface area contributed by atoms with E-state index in [0.717, 1.165) is 48.9 Å². The summed E-state index contributed by atoms with van der Waals surface area (Å²) in [6.45, 7) is 0. The number of ether oxygens (including phenoxy) is 1. The Hall–Kier alpha value is -2.92. The summed E-state index contributed by atoms with van der Waals surface area (Å²) in [5, 5.41) is 5.82. The summed E-state index contributed by atoms with van der Waals surface area (Å²) in [6, 6.07) is 19.3. The third-order valence-electron chi connectivity index (χ3n) is 6.18. The molecule has 1 atom stereocenters. The number of fused-ring (bicyclic) bond motifs is 1. The van der Waals surface area contributed by atoms with Gasteiger partial charge in [0.25, 0.3) is 0 Å². The number of para-hydroxylation sites is 1. The summed E-state index contributed by atoms with van der Waals surface area (Å²) in [5.74, 6) is -0.829. The average molecular weight is 453 g/mol. The predicted molar refractivity (Wildman–Crippen MR) is 122 cm³/mol. The zero-order chi connectivity index (χ0) is 22.1. The molecule has 1 aromatic heterocycles. The average Bonchev–Trinajstić information content (AvgIpc) is 3.17. The Bertz CT molecular complexity index is 1220. The van der Waals surface area contributed by atoms with Crippen LogP contribution in [0.15, 0.2) is 66.7 Å². The molecule has 164 valence electrons. The van der Waals surface area contributed by atoms with Crippen LogP contribution in [-0.4, -0.2) is 9.78 Å². The van der Waals surface area contributed by atoms with E-state index in [9.17, 15) is 8.78 Å². The number of benzene rings is 3. The van der Waals surface area contributed by atoms with Gasteiger partial charge in [-0.05, 0) is 55.3 Å². The van der Waals surface area contributed by atoms with Crippen LogP contribution in [0.3, 0.4) is 0 Å². The van der Waals surface area contributed by atoms with Crippen LogP contribution in [0.5, 0.6) is 5.75 Å². The molecule has 32 heavy (non-hydrogen) atoms. The third kappa shape index (κ3) is 4.09. The fraction of sp³-hybridized carbons (Fsp3) is 0.269. The van der Waals surface area contributed by atoms with Gasteiger partial charge in [0.2, 0.25) is 0 Å². The molecule has 3 aromatic carbocycles. The lowest BCUT2D eigenvalue weighted by atomic mass is 9.83. The minimum atomic E-state index is -0.914. The van der Waals surface area contributed by atoms with Crippen molar-refractivity contribution < 1.29 is 13.5 Å². The second-order valence-electron chi connectivity index (χ2n) is 8.31. The van der Waals surface area contributed by atoms with Gasteiger partial charge < -0.3 is 4.74 Å². The van der Waals surface area contributed by atoms with Gasteiger partial charge in [-0.1, -0.05) is 49.1 Å². The molecule has 0 N–H and O–H groups in total. The van der Waals surface area contributed by atoms with E-state index in [4.69, 9.17) is 16.3 Å². The molecule has 6 heteroatoms. The lowest BCUT2D eigenvalue weighted by molar-refractivity contribution is 0.103. The summed E-state index contributed by atoms with van der Waals surface area (Å²) < 4.78 is 36.7. The Morgan fingerprint density at radius 3 is 2.31 bits per heavy atom. The first-order chi connectivity index (χ1) is 15.6. The van der Waals surface area contributed by atoms with Crippen molar-refractivity contribution in [2.24, 2.45) is 5.92 Å². The zero-order valence-corrected chi connectivity index (χ0v) is 18.2. The first-order valence-electron chi connectivity index (χ1n) is 11.0. The summed E-state index contributed by atoms with van der Waals surface area (Å²) in [6.07, 6.45) is 5.10. The van der Waals surface area contributed by atoms with E-state index in [-0.39, 0.29) is 12.0 Å². The molecule has 0 spiro atoms. The lowest BCUT2D eigenvalue weighted by Gasteiger charge is -2.31. The van der Waals surface area contributed by atoms with Gasteiger partial charge in [0.15, 0.2) is 11.6 Å². The van der Waals surface area contributed by atoms with Crippen LogP contribution in [0.2, 0.25) is 5.02 Å². The third-order valence-corrected chi connectivity index (χ3v) is 6.43. The van der Waals surface area contributed by atoms with E-state index in [1.54, 1.807) is 16.8 Å². The van der Waals surface area contributed by atoms with Gasteiger partial charge in [-0.15, -0.1) is 0 Å². The van der Waals surface area contributed by atoms with E-state index in [2.05, 4.69) is 5.10 Å². The zero-order valence-electron chi connectivity index (χ0n) is 17.5. The maximum absolute atomic E-state index is 14.4. The van der Waals surface area contributed by atoms with Crippen molar-refractivity contribution in [2.45, 2.75) is 38.2 Å². The van der Waals surface area contributed by atoms with E-state index in [0.29, 0.717) is 15.9 Å². The molecule has 0 aliphatic heterocycles. The quantitative estimate of drug-likeness (QED) is 0.311. The molecule has 5 rings (SSSR count). The molecule has 3 nitrogen and oxygen atoms in total. The second kappa shape index (κ2) is 8.91. The monoisotopic (exact) mass is 452 g/mol. The molecule has 1 fully saturated rings. The first kappa shape index (κ1) is 21.0. The van der Waals surface area contributed by atoms with E-state index >= 15 is 0 Å². The highest BCUT2D eigenvalue weighted by Crippen LogP contribution is 2.41. The van der Waals surface area contributed by atoms with Crippen LogP contribution in [0.1, 0.15) is 43.9 Å². The van der Waals surface area contributed by atoms with Gasteiger partial charge in [0.1, 0.15) is 11.9 Å². The topological polar surface area (TPSA) is 27.1 Å². The number of hydrogen-bond donors (Lipinski definition) is 0. The van der Waals surface area contributed by atoms with Crippen LogP contribution in [0.4, 0.5) is 8.78 Å². The normalized spacial score (nSPS) is 15.7. The molecule has 1 saturated carbocycles. The van der Waals surface area contributed by atoms with E-state index in [1.165, 1.54) is 12.5 Å². The number of aromatic nitrogens is 2. The molecule has 0 amide bonds. The Kier molecular flexibility index (Phi) is 5.83. The van der Waals surface area contributed by atoms with Crippen LogP contribution in [0.25, 0.3) is 16.6 Å². The highest BCUT2D eigenvalue weighted by Gasteiger charge is 2.32. The van der Waals surface area contributed by atoms with Gasteiger partial charge in [-0.3, -0.25) is 0 Å². The van der Waals surface area contributed by atoms with Crippen LogP contribution in [0, 0.1) is 17.6 Å². The standard InChI is InChI=1S/C26H23ClF2N2O/c27-18-11-13-19(14-12-18)31-25(21-15-22(28)23(29)16-24(21)30-31)26(17-7-3-1-4-8-17)32-20-9-5-2-6-10-20/h2,5-6,9-17,26H,1,3-4,7-8H2. The lowest BCUT2D eigenvalue weighted by Crippen LogP contribution is -2.24. The highest BCUT2D eigenvalue weighted by molar-refractivity contribution is 6.30. The molecular formula is C26H23ClF2N2O.